The molecule has 0 aliphatic rings. The van der Waals surface area contributed by atoms with Crippen LogP contribution in [0.2, 0.25) is 4.82 Å². The Kier molecular flexibility index (Phi) is 6.97. The minimum absolute atomic E-state index is 0.174. The molecule has 2 rings (SSSR count). The monoisotopic (exact) mass is 450 g/mol. The molecule has 0 fully saturated rings. The van der Waals surface area contributed by atoms with Crippen LogP contribution < -0.4 is 9.78 Å². The van der Waals surface area contributed by atoms with Gasteiger partial charge in [0.2, 0.25) is 0 Å². The molecule has 146 valence electrons. The van der Waals surface area contributed by atoms with Crippen LogP contribution in [0.25, 0.3) is 0 Å². The number of aromatic nitrogens is 1. The number of anilines is 1. The molecule has 0 aliphatic heterocycles. The second-order valence-corrected chi connectivity index (χ2v) is 8.65. The maximum absolute atomic E-state index is 13.2. The summed E-state index contributed by atoms with van der Waals surface area (Å²) >= 11 is -0.522. The van der Waals surface area contributed by atoms with Crippen molar-refractivity contribution in [3.05, 3.63) is 54.6 Å². The molecule has 1 heterocycles. The van der Waals surface area contributed by atoms with E-state index in [-0.39, 0.29) is 5.69 Å². The number of rotatable bonds is 7. The molecule has 1 aromatic heterocycles. The van der Waals surface area contributed by atoms with Gasteiger partial charge in [0.1, 0.15) is 0 Å². The molecule has 1 unspecified atom stereocenters. The van der Waals surface area contributed by atoms with Gasteiger partial charge in [-0.3, -0.25) is 0 Å². The Hall–Kier alpha value is -1.96. The summed E-state index contributed by atoms with van der Waals surface area (Å²) in [4.78, 5) is 15.3. The maximum atomic E-state index is 13.2. The number of hydrogen-bond donors (Lipinski definition) is 1. The molecule has 1 aromatic carbocycles. The van der Waals surface area contributed by atoms with Crippen molar-refractivity contribution in [2.24, 2.45) is 0 Å². The van der Waals surface area contributed by atoms with Gasteiger partial charge in [-0.2, -0.15) is 0 Å². The van der Waals surface area contributed by atoms with Crippen LogP contribution in [-0.4, -0.2) is 44.2 Å². The molecule has 2 aromatic rings. The van der Waals surface area contributed by atoms with Gasteiger partial charge in [-0.15, -0.1) is 0 Å². The summed E-state index contributed by atoms with van der Waals surface area (Å²) in [6, 6.07) is 11.4. The Bertz CT molecular complexity index is 769. The van der Waals surface area contributed by atoms with Crippen LogP contribution in [0.3, 0.4) is 0 Å². The fraction of sp³-hybridized carbons (Fsp3) is 0.333. The van der Waals surface area contributed by atoms with E-state index < -0.39 is 50.0 Å². The number of pyridine rings is 1. The van der Waals surface area contributed by atoms with Gasteiger partial charge in [-0.25, -0.2) is 0 Å². The van der Waals surface area contributed by atoms with E-state index in [9.17, 15) is 22.4 Å². The molecule has 1 amide bonds. The van der Waals surface area contributed by atoms with E-state index in [0.29, 0.717) is 0 Å². The van der Waals surface area contributed by atoms with E-state index in [0.717, 1.165) is 10.5 Å². The van der Waals surface area contributed by atoms with E-state index in [2.05, 4.69) is 10.3 Å². The predicted molar refractivity (Wildman–Crippen MR) is 94.5 cm³/mol. The number of hydrogen-bond acceptors (Lipinski definition) is 3. The van der Waals surface area contributed by atoms with Crippen molar-refractivity contribution in [3.8, 4) is 0 Å². The molecule has 0 spiro atoms. The van der Waals surface area contributed by atoms with Crippen molar-refractivity contribution in [2.75, 3.05) is 11.9 Å². The Morgan fingerprint density at radius 1 is 1.22 bits per heavy atom. The summed E-state index contributed by atoms with van der Waals surface area (Å²) in [5.74, 6) is -1.32. The van der Waals surface area contributed by atoms with E-state index in [1.165, 1.54) is 26.1 Å². The van der Waals surface area contributed by atoms with Gasteiger partial charge in [0.25, 0.3) is 0 Å². The van der Waals surface area contributed by atoms with Crippen LogP contribution in [0, 0.1) is 5.95 Å². The Balaban J connectivity index is 2.23. The Labute approximate surface area is 160 Å². The summed E-state index contributed by atoms with van der Waals surface area (Å²) in [6.45, 7) is 1.43. The van der Waals surface area contributed by atoms with Crippen LogP contribution in [-0.2, 0) is 9.53 Å². The summed E-state index contributed by atoms with van der Waals surface area (Å²) in [6.07, 6.45) is -3.32. The minimum atomic E-state index is -4.51. The van der Waals surface area contributed by atoms with Crippen molar-refractivity contribution in [3.63, 3.8) is 0 Å². The average molecular weight is 449 g/mol. The number of carbonyl (C=O) groups is 1. The van der Waals surface area contributed by atoms with E-state index >= 15 is 0 Å². The molecular formula is C18H18F4N2O2Se. The standard InChI is InChI=1S/C18H18F4N2O2Se/c1-17(2,26-11-18(20,21)22)15(27-13-6-4-3-5-7-13)16(25)24-12-8-9-23-14(19)10-12/h3-10,15H,11H2,1-2H3,(H,23,24,25). The average Bonchev–Trinajstić information content (AvgIpc) is 2.58. The first kappa shape index (κ1) is 21.3. The zero-order chi connectivity index (χ0) is 20.1. The van der Waals surface area contributed by atoms with Crippen molar-refractivity contribution < 1.29 is 27.1 Å². The third kappa shape index (κ3) is 6.93. The zero-order valence-corrected chi connectivity index (χ0v) is 16.3. The fourth-order valence-electron chi connectivity index (χ4n) is 2.18. The third-order valence-electron chi connectivity index (χ3n) is 3.47. The molecule has 0 aliphatic carbocycles. The van der Waals surface area contributed by atoms with E-state index in [1.54, 1.807) is 30.3 Å². The summed E-state index contributed by atoms with van der Waals surface area (Å²) < 4.78 is 56.9. The van der Waals surface area contributed by atoms with E-state index in [1.807, 2.05) is 0 Å². The SMILES string of the molecule is CC(C)(OCC(F)(F)F)C([Se]c1ccccc1)C(=O)Nc1ccnc(F)c1. The fourth-order valence-corrected chi connectivity index (χ4v) is 4.49. The van der Waals surface area contributed by atoms with Crippen molar-refractivity contribution >= 4 is 31.0 Å². The van der Waals surface area contributed by atoms with E-state index in [4.69, 9.17) is 4.74 Å². The van der Waals surface area contributed by atoms with Crippen LogP contribution >= 0.6 is 0 Å². The number of halogens is 4. The topological polar surface area (TPSA) is 51.2 Å². The third-order valence-corrected chi connectivity index (χ3v) is 6.75. The van der Waals surface area contributed by atoms with Crippen molar-refractivity contribution in [1.29, 1.82) is 0 Å². The molecule has 0 bridgehead atoms. The molecule has 27 heavy (non-hydrogen) atoms. The Morgan fingerprint density at radius 3 is 2.48 bits per heavy atom. The quantitative estimate of drug-likeness (QED) is 0.401. The van der Waals surface area contributed by atoms with Gasteiger partial charge in [0.05, 0.1) is 0 Å². The number of ether oxygens (including phenoxy) is 1. The number of nitrogens with one attached hydrogen (secondary N) is 1. The van der Waals surface area contributed by atoms with Gasteiger partial charge in [-0.1, -0.05) is 0 Å². The number of alkyl halides is 3. The first-order valence-electron chi connectivity index (χ1n) is 7.92. The Morgan fingerprint density at radius 2 is 1.89 bits per heavy atom. The number of benzene rings is 1. The number of carbonyl (C=O) groups excluding carboxylic acids is 1. The van der Waals surface area contributed by atoms with Crippen molar-refractivity contribution in [1.82, 2.24) is 4.98 Å². The molecule has 0 saturated carbocycles. The van der Waals surface area contributed by atoms with Crippen LogP contribution in [0.4, 0.5) is 23.2 Å². The van der Waals surface area contributed by atoms with Gasteiger partial charge in [-0.05, 0) is 0 Å². The predicted octanol–water partition coefficient (Wildman–Crippen LogP) is 3.33. The molecule has 0 radical (unpaired) electrons. The molecule has 9 heteroatoms. The van der Waals surface area contributed by atoms with Crippen LogP contribution in [0.5, 0.6) is 0 Å². The molecule has 4 nitrogen and oxygen atoms in total. The van der Waals surface area contributed by atoms with Gasteiger partial charge in [0.15, 0.2) is 0 Å². The second kappa shape index (κ2) is 8.82. The van der Waals surface area contributed by atoms with Gasteiger partial charge >= 0.3 is 160 Å². The van der Waals surface area contributed by atoms with Crippen LogP contribution in [0.15, 0.2) is 48.7 Å². The van der Waals surface area contributed by atoms with Crippen molar-refractivity contribution in [2.45, 2.75) is 30.4 Å². The molecule has 1 N–H and O–H groups in total. The van der Waals surface area contributed by atoms with Gasteiger partial charge in [0, 0.05) is 0 Å². The number of amides is 1. The molecule has 0 saturated heterocycles. The normalized spacial score (nSPS) is 13.3. The summed E-state index contributed by atoms with van der Waals surface area (Å²) in [7, 11) is 0. The van der Waals surface area contributed by atoms with Gasteiger partial charge < -0.3 is 0 Å². The first-order chi connectivity index (χ1) is 12.6. The first-order valence-corrected chi connectivity index (χ1v) is 9.76. The number of nitrogens with zero attached hydrogens (tertiary/aromatic N) is 1. The second-order valence-electron chi connectivity index (χ2n) is 6.17. The van der Waals surface area contributed by atoms with Crippen LogP contribution in [0.1, 0.15) is 13.8 Å². The summed E-state index contributed by atoms with van der Waals surface area (Å²) in [5, 5.41) is 2.54. The summed E-state index contributed by atoms with van der Waals surface area (Å²) in [5.41, 5.74) is -1.21. The zero-order valence-electron chi connectivity index (χ0n) is 14.6. The molecule has 1 atom stereocenters. The molecular weight excluding hydrogens is 431 g/mol.